The van der Waals surface area contributed by atoms with Crippen LogP contribution in [-0.4, -0.2) is 28.4 Å². The van der Waals surface area contributed by atoms with Gasteiger partial charge >= 0.3 is 0 Å². The number of fused-ring (bicyclic) bond motifs is 1. The largest absolute Gasteiger partial charge is 0.351 e. The number of hydrogen-bond donors (Lipinski definition) is 1. The second-order valence-corrected chi connectivity index (χ2v) is 5.95. The second-order valence-electron chi connectivity index (χ2n) is 4.84. The number of carbonyl (C=O) groups is 2. The number of rotatable bonds is 2. The van der Waals surface area contributed by atoms with Crippen molar-refractivity contribution >= 4 is 28.2 Å². The molecule has 0 fully saturated rings. The molecule has 0 saturated carbocycles. The van der Waals surface area contributed by atoms with Crippen LogP contribution in [0.1, 0.15) is 33.5 Å². The Bertz CT molecular complexity index is 773. The number of aromatic nitrogens is 1. The van der Waals surface area contributed by atoms with Crippen LogP contribution in [-0.2, 0) is 17.8 Å². The SMILES string of the molecule is CC(=O)N1CCc2c(sc(NC(=O)c3ccno3)c2C#N)C1. The summed E-state index contributed by atoms with van der Waals surface area (Å²) in [7, 11) is 0. The van der Waals surface area contributed by atoms with Gasteiger partial charge in [0, 0.05) is 24.4 Å². The molecule has 3 heterocycles. The Labute approximate surface area is 130 Å². The maximum absolute atomic E-state index is 12.0. The molecule has 0 radical (unpaired) electrons. The summed E-state index contributed by atoms with van der Waals surface area (Å²) in [4.78, 5) is 26.2. The lowest BCUT2D eigenvalue weighted by Gasteiger charge is -2.25. The van der Waals surface area contributed by atoms with Crippen molar-refractivity contribution in [2.45, 2.75) is 19.9 Å². The molecule has 0 spiro atoms. The van der Waals surface area contributed by atoms with E-state index in [4.69, 9.17) is 4.52 Å². The van der Waals surface area contributed by atoms with E-state index in [-0.39, 0.29) is 11.7 Å². The minimum atomic E-state index is -0.448. The summed E-state index contributed by atoms with van der Waals surface area (Å²) in [6, 6.07) is 3.60. The van der Waals surface area contributed by atoms with E-state index in [9.17, 15) is 14.9 Å². The number of nitrogens with zero attached hydrogens (tertiary/aromatic N) is 3. The van der Waals surface area contributed by atoms with Gasteiger partial charge in [-0.3, -0.25) is 9.59 Å². The molecule has 2 aromatic heterocycles. The first-order chi connectivity index (χ1) is 10.6. The molecular formula is C14H12N4O3S. The Hall–Kier alpha value is -2.66. The zero-order valence-electron chi connectivity index (χ0n) is 11.8. The van der Waals surface area contributed by atoms with Gasteiger partial charge in [-0.15, -0.1) is 11.3 Å². The molecule has 0 unspecified atom stereocenters. The smallest absolute Gasteiger partial charge is 0.294 e. The van der Waals surface area contributed by atoms with E-state index in [2.05, 4.69) is 16.5 Å². The summed E-state index contributed by atoms with van der Waals surface area (Å²) in [5, 5.41) is 16.0. The van der Waals surface area contributed by atoms with Crippen LogP contribution < -0.4 is 5.32 Å². The Kier molecular flexibility index (Phi) is 3.65. The highest BCUT2D eigenvalue weighted by Crippen LogP contribution is 2.36. The van der Waals surface area contributed by atoms with Crippen molar-refractivity contribution in [3.8, 4) is 6.07 Å². The minimum Gasteiger partial charge on any atom is -0.351 e. The molecule has 0 atom stereocenters. The highest BCUT2D eigenvalue weighted by atomic mass is 32.1. The van der Waals surface area contributed by atoms with Gasteiger partial charge in [-0.2, -0.15) is 5.26 Å². The average Bonchev–Trinajstić information content (AvgIpc) is 3.13. The summed E-state index contributed by atoms with van der Waals surface area (Å²) in [5.74, 6) is -0.360. The first-order valence-electron chi connectivity index (χ1n) is 6.62. The number of anilines is 1. The summed E-state index contributed by atoms with van der Waals surface area (Å²) in [5.41, 5.74) is 1.38. The summed E-state index contributed by atoms with van der Waals surface area (Å²) >= 11 is 1.32. The van der Waals surface area contributed by atoms with E-state index >= 15 is 0 Å². The summed E-state index contributed by atoms with van der Waals surface area (Å²) in [6.45, 7) is 2.59. The molecule has 2 amide bonds. The first-order valence-corrected chi connectivity index (χ1v) is 7.44. The molecule has 22 heavy (non-hydrogen) atoms. The number of nitrogens with one attached hydrogen (secondary N) is 1. The zero-order chi connectivity index (χ0) is 15.7. The molecule has 0 aliphatic carbocycles. The van der Waals surface area contributed by atoms with E-state index in [1.807, 2.05) is 0 Å². The van der Waals surface area contributed by atoms with Crippen molar-refractivity contribution in [3.63, 3.8) is 0 Å². The van der Waals surface area contributed by atoms with Crippen LogP contribution in [0.15, 0.2) is 16.8 Å². The Balaban J connectivity index is 1.89. The van der Waals surface area contributed by atoms with Gasteiger partial charge in [0.2, 0.25) is 11.7 Å². The van der Waals surface area contributed by atoms with Crippen LogP contribution in [0.3, 0.4) is 0 Å². The normalized spacial score (nSPS) is 13.4. The summed E-state index contributed by atoms with van der Waals surface area (Å²) in [6.07, 6.45) is 2.00. The number of hydrogen-bond acceptors (Lipinski definition) is 6. The van der Waals surface area contributed by atoms with Gasteiger partial charge < -0.3 is 14.7 Å². The van der Waals surface area contributed by atoms with E-state index in [1.54, 1.807) is 4.90 Å². The number of carbonyl (C=O) groups excluding carboxylic acids is 2. The van der Waals surface area contributed by atoms with Gasteiger partial charge in [-0.25, -0.2) is 0 Å². The van der Waals surface area contributed by atoms with Crippen LogP contribution in [0, 0.1) is 11.3 Å². The number of nitriles is 1. The predicted octanol–water partition coefficient (Wildman–Crippen LogP) is 1.76. The standard InChI is InChI=1S/C14H12N4O3S/c1-8(19)18-5-3-9-10(6-15)14(22-12(9)7-18)17-13(20)11-2-4-16-21-11/h2,4H,3,5,7H2,1H3,(H,17,20). The van der Waals surface area contributed by atoms with Crippen LogP contribution in [0.2, 0.25) is 0 Å². The third-order valence-corrected chi connectivity index (χ3v) is 4.63. The van der Waals surface area contributed by atoms with E-state index < -0.39 is 5.91 Å². The lowest BCUT2D eigenvalue weighted by Crippen LogP contribution is -2.33. The van der Waals surface area contributed by atoms with Gasteiger partial charge in [0.25, 0.3) is 5.91 Å². The van der Waals surface area contributed by atoms with Gasteiger partial charge in [0.15, 0.2) is 0 Å². The fraction of sp³-hybridized carbons (Fsp3) is 0.286. The monoisotopic (exact) mass is 316 g/mol. The molecule has 7 nitrogen and oxygen atoms in total. The molecule has 112 valence electrons. The lowest BCUT2D eigenvalue weighted by atomic mass is 10.0. The zero-order valence-corrected chi connectivity index (χ0v) is 12.6. The maximum atomic E-state index is 12.0. The Morgan fingerprint density at radius 1 is 1.55 bits per heavy atom. The van der Waals surface area contributed by atoms with E-state index in [0.717, 1.165) is 10.4 Å². The first kappa shape index (κ1) is 14.3. The maximum Gasteiger partial charge on any atom is 0.294 e. The highest BCUT2D eigenvalue weighted by Gasteiger charge is 2.26. The van der Waals surface area contributed by atoms with Gasteiger partial charge in [0.1, 0.15) is 11.1 Å². The van der Waals surface area contributed by atoms with Crippen molar-refractivity contribution in [2.75, 3.05) is 11.9 Å². The third-order valence-electron chi connectivity index (χ3n) is 3.50. The molecule has 1 aliphatic rings. The topological polar surface area (TPSA) is 99.2 Å². The molecular weight excluding hydrogens is 304 g/mol. The highest BCUT2D eigenvalue weighted by molar-refractivity contribution is 7.16. The lowest BCUT2D eigenvalue weighted by molar-refractivity contribution is -0.129. The second kappa shape index (κ2) is 5.61. The molecule has 0 saturated heterocycles. The molecule has 2 aromatic rings. The van der Waals surface area contributed by atoms with Crippen molar-refractivity contribution in [1.82, 2.24) is 10.1 Å². The molecule has 0 aromatic carbocycles. The average molecular weight is 316 g/mol. The third kappa shape index (κ3) is 2.46. The van der Waals surface area contributed by atoms with Gasteiger partial charge in [-0.05, 0) is 12.0 Å². The molecule has 8 heteroatoms. The van der Waals surface area contributed by atoms with Crippen molar-refractivity contribution in [2.24, 2.45) is 0 Å². The van der Waals surface area contributed by atoms with E-state index in [1.165, 1.54) is 30.5 Å². The van der Waals surface area contributed by atoms with Crippen LogP contribution in [0.25, 0.3) is 0 Å². The predicted molar refractivity (Wildman–Crippen MR) is 78.3 cm³/mol. The quantitative estimate of drug-likeness (QED) is 0.910. The molecule has 1 aliphatic heterocycles. The van der Waals surface area contributed by atoms with Crippen molar-refractivity contribution < 1.29 is 14.1 Å². The Morgan fingerprint density at radius 3 is 3.00 bits per heavy atom. The fourth-order valence-electron chi connectivity index (χ4n) is 2.38. The van der Waals surface area contributed by atoms with Crippen molar-refractivity contribution in [1.29, 1.82) is 5.26 Å². The number of amides is 2. The van der Waals surface area contributed by atoms with Crippen molar-refractivity contribution in [3.05, 3.63) is 34.0 Å². The van der Waals surface area contributed by atoms with Crippen LogP contribution >= 0.6 is 11.3 Å². The van der Waals surface area contributed by atoms with E-state index in [0.29, 0.717) is 30.1 Å². The molecule has 0 bridgehead atoms. The van der Waals surface area contributed by atoms with Gasteiger partial charge in [0.05, 0.1) is 18.3 Å². The fourth-order valence-corrected chi connectivity index (χ4v) is 3.58. The number of thiophene rings is 1. The van der Waals surface area contributed by atoms with Gasteiger partial charge in [-0.1, -0.05) is 5.16 Å². The Morgan fingerprint density at radius 2 is 2.36 bits per heavy atom. The molecule has 3 rings (SSSR count). The summed E-state index contributed by atoms with van der Waals surface area (Å²) < 4.78 is 4.80. The van der Waals surface area contributed by atoms with Crippen LogP contribution in [0.5, 0.6) is 0 Å². The molecule has 1 N–H and O–H groups in total. The minimum absolute atomic E-state index is 0.00445. The van der Waals surface area contributed by atoms with Crippen LogP contribution in [0.4, 0.5) is 5.00 Å².